The number of rotatable bonds is 3. The standard InChI is InChI=1S/C14H22N2/c1-12-6-5-9-16(11-12)14(10-15)13-7-3-2-4-8-13/h2-4,7-8,12,14H,5-6,9-11,15H2,1H3. The lowest BCUT2D eigenvalue weighted by molar-refractivity contribution is 0.133. The number of hydrogen-bond donors (Lipinski definition) is 1. The van der Waals surface area contributed by atoms with E-state index in [9.17, 15) is 0 Å². The molecule has 1 heterocycles. The lowest BCUT2D eigenvalue weighted by Gasteiger charge is -2.37. The summed E-state index contributed by atoms with van der Waals surface area (Å²) in [6.45, 7) is 5.44. The topological polar surface area (TPSA) is 29.3 Å². The molecule has 1 aliphatic rings. The third-order valence-corrected chi connectivity index (χ3v) is 3.54. The third-order valence-electron chi connectivity index (χ3n) is 3.54. The van der Waals surface area contributed by atoms with Crippen molar-refractivity contribution in [1.29, 1.82) is 0 Å². The van der Waals surface area contributed by atoms with Gasteiger partial charge in [0.2, 0.25) is 0 Å². The van der Waals surface area contributed by atoms with Crippen LogP contribution in [0.3, 0.4) is 0 Å². The zero-order chi connectivity index (χ0) is 11.4. The largest absolute Gasteiger partial charge is 0.329 e. The molecule has 1 saturated heterocycles. The van der Waals surface area contributed by atoms with Crippen LogP contribution in [-0.4, -0.2) is 24.5 Å². The minimum absolute atomic E-state index is 0.406. The summed E-state index contributed by atoms with van der Waals surface area (Å²) in [4.78, 5) is 2.55. The van der Waals surface area contributed by atoms with Gasteiger partial charge in [-0.2, -0.15) is 0 Å². The van der Waals surface area contributed by atoms with E-state index >= 15 is 0 Å². The molecular formula is C14H22N2. The maximum atomic E-state index is 5.94. The van der Waals surface area contributed by atoms with Crippen LogP contribution in [0.2, 0.25) is 0 Å². The second kappa shape index (κ2) is 5.46. The van der Waals surface area contributed by atoms with E-state index in [0.29, 0.717) is 6.04 Å². The molecule has 0 aromatic heterocycles. The summed E-state index contributed by atoms with van der Waals surface area (Å²) in [5.74, 6) is 0.812. The van der Waals surface area contributed by atoms with Crippen molar-refractivity contribution < 1.29 is 0 Å². The van der Waals surface area contributed by atoms with Crippen LogP contribution in [-0.2, 0) is 0 Å². The van der Waals surface area contributed by atoms with Gasteiger partial charge in [0.1, 0.15) is 0 Å². The van der Waals surface area contributed by atoms with Crippen LogP contribution >= 0.6 is 0 Å². The van der Waals surface area contributed by atoms with Gasteiger partial charge in [0.25, 0.3) is 0 Å². The average molecular weight is 218 g/mol. The average Bonchev–Trinajstić information content (AvgIpc) is 2.31. The van der Waals surface area contributed by atoms with E-state index < -0.39 is 0 Å². The number of piperidine rings is 1. The van der Waals surface area contributed by atoms with Crippen LogP contribution < -0.4 is 5.73 Å². The lowest BCUT2D eigenvalue weighted by atomic mass is 9.96. The Kier molecular flexibility index (Phi) is 3.97. The highest BCUT2D eigenvalue weighted by Crippen LogP contribution is 2.25. The molecule has 0 aliphatic carbocycles. The fraction of sp³-hybridized carbons (Fsp3) is 0.571. The summed E-state index contributed by atoms with van der Waals surface area (Å²) >= 11 is 0. The van der Waals surface area contributed by atoms with E-state index in [1.165, 1.54) is 31.5 Å². The van der Waals surface area contributed by atoms with Crippen LogP contribution in [0.15, 0.2) is 30.3 Å². The van der Waals surface area contributed by atoms with Gasteiger partial charge < -0.3 is 5.73 Å². The molecule has 1 fully saturated rings. The van der Waals surface area contributed by atoms with Gasteiger partial charge in [0.05, 0.1) is 0 Å². The van der Waals surface area contributed by atoms with Gasteiger partial charge in [-0.1, -0.05) is 37.3 Å². The Morgan fingerprint density at radius 2 is 2.12 bits per heavy atom. The summed E-state index contributed by atoms with van der Waals surface area (Å²) in [6, 6.07) is 11.1. The fourth-order valence-corrected chi connectivity index (χ4v) is 2.68. The molecule has 0 saturated carbocycles. The number of likely N-dealkylation sites (tertiary alicyclic amines) is 1. The Balaban J connectivity index is 2.10. The number of hydrogen-bond acceptors (Lipinski definition) is 2. The molecule has 0 amide bonds. The Morgan fingerprint density at radius 3 is 2.75 bits per heavy atom. The first kappa shape index (κ1) is 11.6. The van der Waals surface area contributed by atoms with Gasteiger partial charge in [-0.3, -0.25) is 4.90 Å². The minimum atomic E-state index is 0.406. The maximum Gasteiger partial charge on any atom is 0.0470 e. The predicted molar refractivity (Wildman–Crippen MR) is 68.2 cm³/mol. The first-order valence-electron chi connectivity index (χ1n) is 6.30. The van der Waals surface area contributed by atoms with Crippen LogP contribution in [0.5, 0.6) is 0 Å². The van der Waals surface area contributed by atoms with Gasteiger partial charge in [0, 0.05) is 19.1 Å². The molecule has 1 aromatic carbocycles. The van der Waals surface area contributed by atoms with Gasteiger partial charge in [-0.05, 0) is 30.9 Å². The quantitative estimate of drug-likeness (QED) is 0.844. The first-order chi connectivity index (χ1) is 7.81. The summed E-state index contributed by atoms with van der Waals surface area (Å²) in [5.41, 5.74) is 7.30. The molecular weight excluding hydrogens is 196 g/mol. The van der Waals surface area contributed by atoms with E-state index in [1.807, 2.05) is 0 Å². The SMILES string of the molecule is CC1CCCN(C(CN)c2ccccc2)C1. The number of benzene rings is 1. The Hall–Kier alpha value is -0.860. The Morgan fingerprint density at radius 1 is 1.38 bits per heavy atom. The van der Waals surface area contributed by atoms with Gasteiger partial charge >= 0.3 is 0 Å². The molecule has 2 atom stereocenters. The van der Waals surface area contributed by atoms with Gasteiger partial charge in [-0.25, -0.2) is 0 Å². The Labute approximate surface area is 98.4 Å². The van der Waals surface area contributed by atoms with E-state index in [2.05, 4.69) is 42.2 Å². The van der Waals surface area contributed by atoms with Crippen molar-refractivity contribution in [3.63, 3.8) is 0 Å². The molecule has 2 rings (SSSR count). The lowest BCUT2D eigenvalue weighted by Crippen LogP contribution is -2.40. The normalized spacial score (nSPS) is 24.2. The zero-order valence-electron chi connectivity index (χ0n) is 10.1. The Bertz CT molecular complexity index is 310. The molecule has 1 aromatic rings. The summed E-state index contributed by atoms with van der Waals surface area (Å²) in [6.07, 6.45) is 2.67. The van der Waals surface area contributed by atoms with Crippen molar-refractivity contribution in [3.05, 3.63) is 35.9 Å². The maximum absolute atomic E-state index is 5.94. The monoisotopic (exact) mass is 218 g/mol. The van der Waals surface area contributed by atoms with Crippen LogP contribution in [0.1, 0.15) is 31.4 Å². The molecule has 16 heavy (non-hydrogen) atoms. The second-order valence-corrected chi connectivity index (χ2v) is 4.90. The molecule has 2 nitrogen and oxygen atoms in total. The first-order valence-corrected chi connectivity index (χ1v) is 6.30. The van der Waals surface area contributed by atoms with Gasteiger partial charge in [0.15, 0.2) is 0 Å². The third kappa shape index (κ3) is 2.63. The van der Waals surface area contributed by atoms with Crippen molar-refractivity contribution in [2.45, 2.75) is 25.8 Å². The highest BCUT2D eigenvalue weighted by Gasteiger charge is 2.23. The predicted octanol–water partition coefficient (Wildman–Crippen LogP) is 2.42. The van der Waals surface area contributed by atoms with Crippen molar-refractivity contribution in [2.24, 2.45) is 11.7 Å². The molecule has 1 aliphatic heterocycles. The number of nitrogens with zero attached hydrogens (tertiary/aromatic N) is 1. The van der Waals surface area contributed by atoms with Gasteiger partial charge in [-0.15, -0.1) is 0 Å². The minimum Gasteiger partial charge on any atom is -0.329 e. The summed E-state index contributed by atoms with van der Waals surface area (Å²) in [5, 5.41) is 0. The molecule has 0 bridgehead atoms. The van der Waals surface area contributed by atoms with Crippen LogP contribution in [0.25, 0.3) is 0 Å². The molecule has 0 radical (unpaired) electrons. The van der Waals surface area contributed by atoms with Crippen LogP contribution in [0, 0.1) is 5.92 Å². The van der Waals surface area contributed by atoms with E-state index in [0.717, 1.165) is 12.5 Å². The molecule has 0 spiro atoms. The smallest absolute Gasteiger partial charge is 0.0470 e. The highest BCUT2D eigenvalue weighted by molar-refractivity contribution is 5.19. The van der Waals surface area contributed by atoms with Crippen molar-refractivity contribution in [3.8, 4) is 0 Å². The molecule has 2 unspecified atom stereocenters. The highest BCUT2D eigenvalue weighted by atomic mass is 15.2. The summed E-state index contributed by atoms with van der Waals surface area (Å²) in [7, 11) is 0. The van der Waals surface area contributed by atoms with E-state index in [-0.39, 0.29) is 0 Å². The second-order valence-electron chi connectivity index (χ2n) is 4.90. The number of nitrogens with two attached hydrogens (primary N) is 1. The molecule has 88 valence electrons. The fourth-order valence-electron chi connectivity index (χ4n) is 2.68. The van der Waals surface area contributed by atoms with Crippen molar-refractivity contribution in [1.82, 2.24) is 4.90 Å². The molecule has 2 N–H and O–H groups in total. The van der Waals surface area contributed by atoms with E-state index in [1.54, 1.807) is 0 Å². The summed E-state index contributed by atoms with van der Waals surface area (Å²) < 4.78 is 0. The molecule has 2 heteroatoms. The van der Waals surface area contributed by atoms with E-state index in [4.69, 9.17) is 5.73 Å². The van der Waals surface area contributed by atoms with Crippen molar-refractivity contribution in [2.75, 3.05) is 19.6 Å². The van der Waals surface area contributed by atoms with Crippen LogP contribution in [0.4, 0.5) is 0 Å². The van der Waals surface area contributed by atoms with Crippen molar-refractivity contribution >= 4 is 0 Å². The zero-order valence-corrected chi connectivity index (χ0v) is 10.1.